The molecule has 2 aromatic heterocycles. The summed E-state index contributed by atoms with van der Waals surface area (Å²) in [5, 5.41) is 12.1. The summed E-state index contributed by atoms with van der Waals surface area (Å²) in [7, 11) is 0. The Morgan fingerprint density at radius 2 is 2.14 bits per heavy atom. The molecule has 0 aliphatic heterocycles. The molecule has 0 spiro atoms. The normalized spacial score (nSPS) is 10.9. The van der Waals surface area contributed by atoms with E-state index in [-0.39, 0.29) is 5.76 Å². The van der Waals surface area contributed by atoms with Crippen molar-refractivity contribution in [3.05, 3.63) is 47.9 Å². The number of rotatable bonds is 5. The minimum atomic E-state index is -1.07. The number of hydrogen-bond donors (Lipinski definition) is 2. The summed E-state index contributed by atoms with van der Waals surface area (Å²) in [4.78, 5) is 15.4. The Kier molecular flexibility index (Phi) is 3.35. The number of fused-ring (bicyclic) bond motifs is 1. The van der Waals surface area contributed by atoms with Crippen molar-refractivity contribution in [3.8, 4) is 0 Å². The van der Waals surface area contributed by atoms with Crippen molar-refractivity contribution in [1.82, 2.24) is 9.55 Å². The molecule has 0 aliphatic rings. The Morgan fingerprint density at radius 1 is 1.33 bits per heavy atom. The Hall–Kier alpha value is -2.76. The van der Waals surface area contributed by atoms with E-state index in [0.29, 0.717) is 12.3 Å². The zero-order valence-corrected chi connectivity index (χ0v) is 11.5. The van der Waals surface area contributed by atoms with E-state index in [0.717, 1.165) is 23.5 Å². The summed E-state index contributed by atoms with van der Waals surface area (Å²) in [5.41, 5.74) is 1.86. The second-order valence-corrected chi connectivity index (χ2v) is 4.61. The fourth-order valence-electron chi connectivity index (χ4n) is 2.26. The molecule has 2 N–H and O–H groups in total. The number of imidazole rings is 1. The second kappa shape index (κ2) is 5.32. The van der Waals surface area contributed by atoms with Crippen molar-refractivity contribution in [2.75, 3.05) is 11.9 Å². The van der Waals surface area contributed by atoms with Gasteiger partial charge >= 0.3 is 5.97 Å². The van der Waals surface area contributed by atoms with Gasteiger partial charge in [-0.15, -0.1) is 0 Å². The molecule has 0 fully saturated rings. The number of benzene rings is 1. The van der Waals surface area contributed by atoms with Gasteiger partial charge in [0.25, 0.3) is 0 Å². The van der Waals surface area contributed by atoms with Gasteiger partial charge in [-0.1, -0.05) is 12.1 Å². The van der Waals surface area contributed by atoms with Crippen LogP contribution in [0.1, 0.15) is 23.2 Å². The molecule has 0 saturated carbocycles. The summed E-state index contributed by atoms with van der Waals surface area (Å²) in [6.45, 7) is 3.18. The van der Waals surface area contributed by atoms with Crippen LogP contribution in [0.5, 0.6) is 0 Å². The van der Waals surface area contributed by atoms with Gasteiger partial charge in [-0.25, -0.2) is 9.78 Å². The van der Waals surface area contributed by atoms with E-state index < -0.39 is 5.97 Å². The van der Waals surface area contributed by atoms with Gasteiger partial charge in [0.2, 0.25) is 11.7 Å². The fraction of sp³-hybridized carbons (Fsp3) is 0.200. The molecule has 0 saturated heterocycles. The van der Waals surface area contributed by atoms with Crippen LogP contribution in [0.15, 0.2) is 40.8 Å². The first-order chi connectivity index (χ1) is 10.2. The number of carboxylic acid groups (broad SMARTS) is 1. The van der Waals surface area contributed by atoms with Gasteiger partial charge in [0, 0.05) is 6.54 Å². The van der Waals surface area contributed by atoms with Crippen LogP contribution in [0.25, 0.3) is 11.0 Å². The van der Waals surface area contributed by atoms with Crippen LogP contribution in [0.3, 0.4) is 0 Å². The third-order valence-corrected chi connectivity index (χ3v) is 3.18. The Morgan fingerprint density at radius 3 is 2.86 bits per heavy atom. The lowest BCUT2D eigenvalue weighted by Gasteiger charge is -2.07. The third kappa shape index (κ3) is 2.47. The molecule has 2 heterocycles. The highest BCUT2D eigenvalue weighted by molar-refractivity contribution is 5.84. The number of carbonyl (C=O) groups is 1. The Labute approximate surface area is 121 Å². The Bertz CT molecular complexity index is 788. The van der Waals surface area contributed by atoms with E-state index in [2.05, 4.69) is 10.3 Å². The highest BCUT2D eigenvalue weighted by Crippen LogP contribution is 2.21. The molecule has 3 rings (SSSR count). The highest BCUT2D eigenvalue weighted by Gasteiger charge is 2.13. The van der Waals surface area contributed by atoms with Crippen LogP contribution in [-0.2, 0) is 6.54 Å². The van der Waals surface area contributed by atoms with Gasteiger partial charge in [0.1, 0.15) is 5.76 Å². The molecule has 0 aliphatic carbocycles. The predicted octanol–water partition coefficient (Wildman–Crippen LogP) is 2.81. The summed E-state index contributed by atoms with van der Waals surface area (Å²) >= 11 is 0. The molecule has 0 bridgehead atoms. The maximum atomic E-state index is 10.9. The van der Waals surface area contributed by atoms with E-state index in [1.165, 1.54) is 6.07 Å². The lowest BCUT2D eigenvalue weighted by Crippen LogP contribution is -2.07. The van der Waals surface area contributed by atoms with Crippen molar-refractivity contribution in [3.63, 3.8) is 0 Å². The smallest absolute Gasteiger partial charge is 0.371 e. The molecule has 1 aromatic carbocycles. The van der Waals surface area contributed by atoms with E-state index in [9.17, 15) is 4.79 Å². The van der Waals surface area contributed by atoms with Gasteiger partial charge < -0.3 is 19.4 Å². The molecular weight excluding hydrogens is 270 g/mol. The van der Waals surface area contributed by atoms with E-state index in [4.69, 9.17) is 9.52 Å². The summed E-state index contributed by atoms with van der Waals surface area (Å²) in [6.07, 6.45) is 0. The molecule has 108 valence electrons. The molecule has 0 unspecified atom stereocenters. The fourth-order valence-corrected chi connectivity index (χ4v) is 2.26. The molecule has 21 heavy (non-hydrogen) atoms. The number of aromatic carboxylic acids is 1. The largest absolute Gasteiger partial charge is 0.475 e. The molecular formula is C15H15N3O3. The van der Waals surface area contributed by atoms with Gasteiger partial charge in [0.05, 0.1) is 17.6 Å². The van der Waals surface area contributed by atoms with Gasteiger partial charge in [-0.3, -0.25) is 0 Å². The number of nitrogens with zero attached hydrogens (tertiary/aromatic N) is 2. The number of aromatic nitrogens is 2. The van der Waals surface area contributed by atoms with Crippen LogP contribution in [0, 0.1) is 0 Å². The van der Waals surface area contributed by atoms with Crippen LogP contribution < -0.4 is 5.32 Å². The average molecular weight is 285 g/mol. The van der Waals surface area contributed by atoms with Crippen LogP contribution in [-0.4, -0.2) is 27.2 Å². The number of furan rings is 1. The zero-order valence-electron chi connectivity index (χ0n) is 11.5. The maximum absolute atomic E-state index is 10.9. The predicted molar refractivity (Wildman–Crippen MR) is 78.7 cm³/mol. The summed E-state index contributed by atoms with van der Waals surface area (Å²) < 4.78 is 7.30. The minimum absolute atomic E-state index is 0.0561. The third-order valence-electron chi connectivity index (χ3n) is 3.18. The Balaban J connectivity index is 2.01. The first-order valence-electron chi connectivity index (χ1n) is 6.70. The van der Waals surface area contributed by atoms with Gasteiger partial charge in [0.15, 0.2) is 0 Å². The van der Waals surface area contributed by atoms with E-state index in [1.807, 2.05) is 35.8 Å². The zero-order chi connectivity index (χ0) is 14.8. The number of carboxylic acids is 1. The first kappa shape index (κ1) is 13.2. The second-order valence-electron chi connectivity index (χ2n) is 4.61. The lowest BCUT2D eigenvalue weighted by atomic mass is 10.3. The van der Waals surface area contributed by atoms with Gasteiger partial charge in [-0.2, -0.15) is 0 Å². The van der Waals surface area contributed by atoms with Crippen molar-refractivity contribution in [2.45, 2.75) is 13.5 Å². The summed E-state index contributed by atoms with van der Waals surface area (Å²) in [6, 6.07) is 10.9. The van der Waals surface area contributed by atoms with Crippen molar-refractivity contribution < 1.29 is 14.3 Å². The van der Waals surface area contributed by atoms with Crippen molar-refractivity contribution >= 4 is 23.0 Å². The molecule has 3 aromatic rings. The number of anilines is 1. The average Bonchev–Trinajstić information content (AvgIpc) is 3.06. The van der Waals surface area contributed by atoms with Crippen molar-refractivity contribution in [2.24, 2.45) is 0 Å². The minimum Gasteiger partial charge on any atom is -0.475 e. The monoisotopic (exact) mass is 285 g/mol. The van der Waals surface area contributed by atoms with Crippen molar-refractivity contribution in [1.29, 1.82) is 0 Å². The van der Waals surface area contributed by atoms with Crippen LogP contribution in [0.2, 0.25) is 0 Å². The highest BCUT2D eigenvalue weighted by atomic mass is 16.4. The quantitative estimate of drug-likeness (QED) is 0.753. The maximum Gasteiger partial charge on any atom is 0.371 e. The van der Waals surface area contributed by atoms with Crippen LogP contribution in [0.4, 0.5) is 5.95 Å². The molecule has 6 nitrogen and oxygen atoms in total. The number of hydrogen-bond acceptors (Lipinski definition) is 4. The SMILES string of the molecule is CCNc1nc2ccccc2n1Cc1ccc(C(=O)O)o1. The summed E-state index contributed by atoms with van der Waals surface area (Å²) in [5.74, 6) is 0.199. The first-order valence-corrected chi connectivity index (χ1v) is 6.70. The van der Waals surface area contributed by atoms with E-state index >= 15 is 0 Å². The molecule has 0 radical (unpaired) electrons. The van der Waals surface area contributed by atoms with Gasteiger partial charge in [-0.05, 0) is 31.2 Å². The standard InChI is InChI=1S/C15H15N3O3/c1-2-16-15-17-11-5-3-4-6-12(11)18(15)9-10-7-8-13(21-10)14(19)20/h3-8H,2,9H2,1H3,(H,16,17)(H,19,20). The molecule has 6 heteroatoms. The molecule has 0 atom stereocenters. The topological polar surface area (TPSA) is 80.3 Å². The lowest BCUT2D eigenvalue weighted by molar-refractivity contribution is 0.0660. The number of para-hydroxylation sites is 2. The van der Waals surface area contributed by atoms with Crippen LogP contribution >= 0.6 is 0 Å². The molecule has 0 amide bonds. The van der Waals surface area contributed by atoms with E-state index in [1.54, 1.807) is 6.07 Å². The number of nitrogens with one attached hydrogen (secondary N) is 1.